The van der Waals surface area contributed by atoms with Gasteiger partial charge in [-0.3, -0.25) is 14.5 Å². The van der Waals surface area contributed by atoms with E-state index in [0.29, 0.717) is 23.6 Å². The molecule has 0 unspecified atom stereocenters. The molecule has 0 radical (unpaired) electrons. The van der Waals surface area contributed by atoms with E-state index in [0.717, 1.165) is 13.1 Å². The molecule has 0 saturated carbocycles. The summed E-state index contributed by atoms with van der Waals surface area (Å²) in [5.74, 6) is 0.127. The van der Waals surface area contributed by atoms with Crippen molar-refractivity contribution in [3.05, 3.63) is 35.4 Å². The minimum Gasteiger partial charge on any atom is -0.316 e. The zero-order chi connectivity index (χ0) is 11.1. The zero-order valence-electron chi connectivity index (χ0n) is 8.77. The second kappa shape index (κ2) is 3.42. The number of rotatable bonds is 2. The first kappa shape index (κ1) is 9.54. The van der Waals surface area contributed by atoms with E-state index < -0.39 is 0 Å². The number of carbonyl (C=O) groups is 2. The molecular formula is C12H12N2O2. The molecule has 2 amide bonds. The van der Waals surface area contributed by atoms with E-state index in [9.17, 15) is 9.59 Å². The topological polar surface area (TPSA) is 49.4 Å². The van der Waals surface area contributed by atoms with Crippen LogP contribution < -0.4 is 5.32 Å². The molecule has 1 aromatic carbocycles. The summed E-state index contributed by atoms with van der Waals surface area (Å²) in [6, 6.07) is 7.01. The molecule has 0 aromatic heterocycles. The van der Waals surface area contributed by atoms with Gasteiger partial charge in [-0.2, -0.15) is 0 Å². The second-order valence-electron chi connectivity index (χ2n) is 4.29. The standard InChI is InChI=1S/C12H12N2O2/c15-11-9-3-1-2-4-10(9)12(16)14(11)7-8-5-13-6-8/h1-4,8,13H,5-7H2. The summed E-state index contributed by atoms with van der Waals surface area (Å²) in [6.07, 6.45) is 0. The van der Waals surface area contributed by atoms with Crippen LogP contribution in [-0.4, -0.2) is 36.3 Å². The van der Waals surface area contributed by atoms with Gasteiger partial charge in [0, 0.05) is 25.6 Å². The first-order valence-electron chi connectivity index (χ1n) is 5.43. The van der Waals surface area contributed by atoms with Crippen molar-refractivity contribution in [3.8, 4) is 0 Å². The van der Waals surface area contributed by atoms with Gasteiger partial charge in [-0.1, -0.05) is 12.1 Å². The molecule has 1 saturated heterocycles. The molecular weight excluding hydrogens is 204 g/mol. The molecule has 3 rings (SSSR count). The average molecular weight is 216 g/mol. The molecule has 0 atom stereocenters. The molecule has 0 bridgehead atoms. The van der Waals surface area contributed by atoms with Crippen molar-refractivity contribution in [2.45, 2.75) is 0 Å². The van der Waals surface area contributed by atoms with E-state index in [1.807, 2.05) is 0 Å². The smallest absolute Gasteiger partial charge is 0.261 e. The minimum absolute atomic E-state index is 0.146. The van der Waals surface area contributed by atoms with Crippen LogP contribution in [0.2, 0.25) is 0 Å². The van der Waals surface area contributed by atoms with E-state index in [1.165, 1.54) is 4.90 Å². The first-order chi connectivity index (χ1) is 7.77. The minimum atomic E-state index is -0.146. The average Bonchev–Trinajstić information content (AvgIpc) is 2.48. The summed E-state index contributed by atoms with van der Waals surface area (Å²) in [5.41, 5.74) is 1.08. The van der Waals surface area contributed by atoms with Crippen LogP contribution in [0.5, 0.6) is 0 Å². The third-order valence-corrected chi connectivity index (χ3v) is 3.18. The van der Waals surface area contributed by atoms with Gasteiger partial charge in [-0.05, 0) is 12.1 Å². The highest BCUT2D eigenvalue weighted by atomic mass is 16.2. The monoisotopic (exact) mass is 216 g/mol. The third kappa shape index (κ3) is 1.27. The number of benzene rings is 1. The van der Waals surface area contributed by atoms with Gasteiger partial charge in [0.2, 0.25) is 0 Å². The molecule has 0 aliphatic carbocycles. The Morgan fingerprint density at radius 1 is 1.12 bits per heavy atom. The largest absolute Gasteiger partial charge is 0.316 e. The van der Waals surface area contributed by atoms with Crippen LogP contribution in [0, 0.1) is 5.92 Å². The van der Waals surface area contributed by atoms with Crippen LogP contribution >= 0.6 is 0 Å². The van der Waals surface area contributed by atoms with Crippen molar-refractivity contribution in [2.75, 3.05) is 19.6 Å². The number of hydrogen-bond acceptors (Lipinski definition) is 3. The summed E-state index contributed by atoms with van der Waals surface area (Å²) in [6.45, 7) is 2.33. The molecule has 82 valence electrons. The Hall–Kier alpha value is -1.68. The highest BCUT2D eigenvalue weighted by molar-refractivity contribution is 6.21. The van der Waals surface area contributed by atoms with Crippen LogP contribution in [0.15, 0.2) is 24.3 Å². The highest BCUT2D eigenvalue weighted by Crippen LogP contribution is 2.23. The highest BCUT2D eigenvalue weighted by Gasteiger charge is 2.37. The molecule has 1 fully saturated rings. The molecule has 1 N–H and O–H groups in total. The van der Waals surface area contributed by atoms with Gasteiger partial charge in [0.05, 0.1) is 11.1 Å². The summed E-state index contributed by atoms with van der Waals surface area (Å²) in [7, 11) is 0. The van der Waals surface area contributed by atoms with Gasteiger partial charge in [-0.15, -0.1) is 0 Å². The fourth-order valence-electron chi connectivity index (χ4n) is 2.14. The number of fused-ring (bicyclic) bond motifs is 1. The maximum Gasteiger partial charge on any atom is 0.261 e. The van der Waals surface area contributed by atoms with E-state index >= 15 is 0 Å². The summed E-state index contributed by atoms with van der Waals surface area (Å²) >= 11 is 0. The van der Waals surface area contributed by atoms with Crippen molar-refractivity contribution in [2.24, 2.45) is 5.92 Å². The van der Waals surface area contributed by atoms with Crippen LogP contribution in [0.25, 0.3) is 0 Å². The Morgan fingerprint density at radius 2 is 1.69 bits per heavy atom. The van der Waals surface area contributed by atoms with Crippen LogP contribution in [0.1, 0.15) is 20.7 Å². The van der Waals surface area contributed by atoms with Crippen LogP contribution in [-0.2, 0) is 0 Å². The van der Waals surface area contributed by atoms with Gasteiger partial charge >= 0.3 is 0 Å². The Bertz CT molecular complexity index is 431. The van der Waals surface area contributed by atoms with Gasteiger partial charge < -0.3 is 5.32 Å². The van der Waals surface area contributed by atoms with Gasteiger partial charge in [0.25, 0.3) is 11.8 Å². The predicted octanol–water partition coefficient (Wildman–Crippen LogP) is 0.502. The molecule has 4 nitrogen and oxygen atoms in total. The van der Waals surface area contributed by atoms with E-state index in [1.54, 1.807) is 24.3 Å². The number of nitrogens with zero attached hydrogens (tertiary/aromatic N) is 1. The normalized spacial score (nSPS) is 19.9. The lowest BCUT2D eigenvalue weighted by Crippen LogP contribution is -2.49. The van der Waals surface area contributed by atoms with Crippen molar-refractivity contribution in [3.63, 3.8) is 0 Å². The SMILES string of the molecule is O=C1c2ccccc2C(=O)N1CC1CNC1. The van der Waals surface area contributed by atoms with E-state index in [2.05, 4.69) is 5.32 Å². The number of amides is 2. The molecule has 2 heterocycles. The van der Waals surface area contributed by atoms with Gasteiger partial charge in [0.15, 0.2) is 0 Å². The summed E-state index contributed by atoms with van der Waals surface area (Å²) in [4.78, 5) is 25.3. The number of nitrogens with one attached hydrogen (secondary N) is 1. The Balaban J connectivity index is 1.88. The summed E-state index contributed by atoms with van der Waals surface area (Å²) in [5, 5.41) is 3.14. The zero-order valence-corrected chi connectivity index (χ0v) is 8.77. The molecule has 16 heavy (non-hydrogen) atoms. The quantitative estimate of drug-likeness (QED) is 0.732. The van der Waals surface area contributed by atoms with Crippen LogP contribution in [0.4, 0.5) is 0 Å². The maximum atomic E-state index is 12.0. The lowest BCUT2D eigenvalue weighted by atomic mass is 10.0. The van der Waals surface area contributed by atoms with E-state index in [-0.39, 0.29) is 11.8 Å². The van der Waals surface area contributed by atoms with Crippen molar-refractivity contribution < 1.29 is 9.59 Å². The van der Waals surface area contributed by atoms with Crippen molar-refractivity contribution in [1.82, 2.24) is 10.2 Å². The number of hydrogen-bond donors (Lipinski definition) is 1. The molecule has 2 aliphatic heterocycles. The number of imide groups is 1. The molecule has 4 heteroatoms. The fourth-order valence-corrected chi connectivity index (χ4v) is 2.14. The third-order valence-electron chi connectivity index (χ3n) is 3.18. The first-order valence-corrected chi connectivity index (χ1v) is 5.43. The predicted molar refractivity (Wildman–Crippen MR) is 58.2 cm³/mol. The summed E-state index contributed by atoms with van der Waals surface area (Å²) < 4.78 is 0. The van der Waals surface area contributed by atoms with Gasteiger partial charge in [-0.25, -0.2) is 0 Å². The molecule has 2 aliphatic rings. The van der Waals surface area contributed by atoms with Crippen LogP contribution in [0.3, 0.4) is 0 Å². The van der Waals surface area contributed by atoms with Crippen molar-refractivity contribution >= 4 is 11.8 Å². The fraction of sp³-hybridized carbons (Fsp3) is 0.333. The van der Waals surface area contributed by atoms with Crippen molar-refractivity contribution in [1.29, 1.82) is 0 Å². The second-order valence-corrected chi connectivity index (χ2v) is 4.29. The van der Waals surface area contributed by atoms with Gasteiger partial charge in [0.1, 0.15) is 0 Å². The van der Waals surface area contributed by atoms with E-state index in [4.69, 9.17) is 0 Å². The lowest BCUT2D eigenvalue weighted by Gasteiger charge is -2.30. The molecule has 1 aromatic rings. The molecule has 0 spiro atoms. The Morgan fingerprint density at radius 3 is 2.12 bits per heavy atom. The lowest BCUT2D eigenvalue weighted by molar-refractivity contribution is 0.0612. The number of carbonyl (C=O) groups excluding carboxylic acids is 2. The maximum absolute atomic E-state index is 12.0. The Kier molecular flexibility index (Phi) is 2.04. The Labute approximate surface area is 93.2 Å².